The molecule has 0 saturated heterocycles. The Balaban J connectivity index is 3.25. The zero-order chi connectivity index (χ0) is 14.8. The number of nitriles is 1. The lowest BCUT2D eigenvalue weighted by atomic mass is 10.2. The Hall–Kier alpha value is -1.43. The van der Waals surface area contributed by atoms with Crippen molar-refractivity contribution in [1.29, 1.82) is 5.26 Å². The van der Waals surface area contributed by atoms with Gasteiger partial charge in [-0.15, -0.1) is 0 Å². The third kappa shape index (κ3) is 3.12. The second-order valence-corrected chi connectivity index (χ2v) is 6.64. The number of carboxylic acids is 1. The average molecular weight is 347 g/mol. The summed E-state index contributed by atoms with van der Waals surface area (Å²) in [6.07, 6.45) is 0. The second kappa shape index (κ2) is 5.69. The molecule has 1 rings (SSSR count). The van der Waals surface area contributed by atoms with Gasteiger partial charge in [-0.05, 0) is 41.1 Å². The van der Waals surface area contributed by atoms with Crippen LogP contribution in [0, 0.1) is 11.3 Å². The molecule has 1 unspecified atom stereocenters. The molecule has 0 bridgehead atoms. The molecule has 0 aliphatic carbocycles. The maximum absolute atomic E-state index is 12.2. The monoisotopic (exact) mass is 346 g/mol. The average Bonchev–Trinajstić information content (AvgIpc) is 2.36. The van der Waals surface area contributed by atoms with Crippen LogP contribution in [0.5, 0.6) is 0 Å². The minimum Gasteiger partial charge on any atom is -0.480 e. The number of carbonyl (C=O) groups is 1. The van der Waals surface area contributed by atoms with Gasteiger partial charge in [0, 0.05) is 11.5 Å². The van der Waals surface area contributed by atoms with Crippen molar-refractivity contribution in [2.45, 2.75) is 17.9 Å². The van der Waals surface area contributed by atoms with Gasteiger partial charge in [0.1, 0.15) is 12.1 Å². The molecule has 0 aliphatic rings. The number of hydrogen-bond donors (Lipinski definition) is 1. The van der Waals surface area contributed by atoms with Gasteiger partial charge in [0.2, 0.25) is 10.0 Å². The normalized spacial score (nSPS) is 13.0. The predicted octanol–water partition coefficient (Wildman–Crippen LogP) is 1.41. The molecule has 6 nitrogen and oxygen atoms in total. The molecular formula is C11H11BrN2O4S. The number of sulfonamides is 1. The van der Waals surface area contributed by atoms with E-state index in [1.165, 1.54) is 32.2 Å². The van der Waals surface area contributed by atoms with Gasteiger partial charge in [-0.25, -0.2) is 8.42 Å². The van der Waals surface area contributed by atoms with Crippen LogP contribution in [0.1, 0.15) is 12.5 Å². The molecule has 19 heavy (non-hydrogen) atoms. The van der Waals surface area contributed by atoms with E-state index < -0.39 is 22.0 Å². The van der Waals surface area contributed by atoms with Crippen molar-refractivity contribution in [3.05, 3.63) is 28.2 Å². The van der Waals surface area contributed by atoms with Crippen molar-refractivity contribution in [1.82, 2.24) is 4.31 Å². The Bertz CT molecular complexity index is 651. The van der Waals surface area contributed by atoms with Gasteiger partial charge < -0.3 is 5.11 Å². The van der Waals surface area contributed by atoms with Crippen LogP contribution in [0.2, 0.25) is 0 Å². The number of halogens is 1. The first-order chi connectivity index (χ1) is 8.71. The lowest BCUT2D eigenvalue weighted by molar-refractivity contribution is -0.140. The van der Waals surface area contributed by atoms with Gasteiger partial charge >= 0.3 is 5.97 Å². The van der Waals surface area contributed by atoms with E-state index in [1.54, 1.807) is 0 Å². The van der Waals surface area contributed by atoms with Crippen molar-refractivity contribution in [2.24, 2.45) is 0 Å². The Kier molecular flexibility index (Phi) is 4.68. The highest BCUT2D eigenvalue weighted by Gasteiger charge is 2.29. The molecule has 8 heteroatoms. The summed E-state index contributed by atoms with van der Waals surface area (Å²) in [5.41, 5.74) is 0.299. The molecular weight excluding hydrogens is 336 g/mol. The molecule has 1 aromatic carbocycles. The van der Waals surface area contributed by atoms with E-state index in [1.807, 2.05) is 6.07 Å². The summed E-state index contributed by atoms with van der Waals surface area (Å²) in [5.74, 6) is -1.24. The van der Waals surface area contributed by atoms with Crippen LogP contribution in [-0.4, -0.2) is 36.9 Å². The highest BCUT2D eigenvalue weighted by molar-refractivity contribution is 9.10. The van der Waals surface area contributed by atoms with E-state index in [4.69, 9.17) is 10.4 Å². The van der Waals surface area contributed by atoms with Crippen molar-refractivity contribution < 1.29 is 18.3 Å². The van der Waals surface area contributed by atoms with E-state index in [9.17, 15) is 13.2 Å². The standard InChI is InChI=1S/C11H11BrN2O4S/c1-7(11(15)16)14(2)19(17,18)9-4-3-8(6-13)10(12)5-9/h3-5,7H,1-2H3,(H,15,16). The number of nitrogens with zero attached hydrogens (tertiary/aromatic N) is 2. The van der Waals surface area contributed by atoms with Crippen molar-refractivity contribution in [2.75, 3.05) is 7.05 Å². The van der Waals surface area contributed by atoms with E-state index >= 15 is 0 Å². The summed E-state index contributed by atoms with van der Waals surface area (Å²) in [6, 6.07) is 4.62. The van der Waals surface area contributed by atoms with E-state index in [2.05, 4.69) is 15.9 Å². The molecule has 102 valence electrons. The number of aliphatic carboxylic acids is 1. The number of hydrogen-bond acceptors (Lipinski definition) is 4. The molecule has 0 radical (unpaired) electrons. The number of rotatable bonds is 4. The molecule has 0 aromatic heterocycles. The molecule has 0 aliphatic heterocycles. The summed E-state index contributed by atoms with van der Waals surface area (Å²) < 4.78 is 25.5. The van der Waals surface area contributed by atoms with Gasteiger partial charge in [-0.3, -0.25) is 4.79 Å². The molecule has 1 atom stereocenters. The maximum Gasteiger partial charge on any atom is 0.321 e. The third-order valence-electron chi connectivity index (χ3n) is 2.64. The van der Waals surface area contributed by atoms with Crippen LogP contribution in [0.15, 0.2) is 27.6 Å². The first-order valence-electron chi connectivity index (χ1n) is 5.12. The van der Waals surface area contributed by atoms with E-state index in [0.717, 1.165) is 4.31 Å². The van der Waals surface area contributed by atoms with E-state index in [-0.39, 0.29) is 4.90 Å². The highest BCUT2D eigenvalue weighted by Crippen LogP contribution is 2.23. The first-order valence-corrected chi connectivity index (χ1v) is 7.35. The fourth-order valence-electron chi connectivity index (χ4n) is 1.28. The lowest BCUT2D eigenvalue weighted by Crippen LogP contribution is -2.40. The number of likely N-dealkylation sites (N-methyl/N-ethyl adjacent to an activating group) is 1. The smallest absolute Gasteiger partial charge is 0.321 e. The lowest BCUT2D eigenvalue weighted by Gasteiger charge is -2.21. The summed E-state index contributed by atoms with van der Waals surface area (Å²) in [5, 5.41) is 17.6. The zero-order valence-corrected chi connectivity index (χ0v) is 12.6. The minimum absolute atomic E-state index is 0.0750. The van der Waals surface area contributed by atoms with Gasteiger partial charge in [0.05, 0.1) is 10.5 Å². The first kappa shape index (κ1) is 15.6. The van der Waals surface area contributed by atoms with Crippen LogP contribution in [-0.2, 0) is 14.8 Å². The van der Waals surface area contributed by atoms with Crippen molar-refractivity contribution in [3.8, 4) is 6.07 Å². The van der Waals surface area contributed by atoms with Crippen LogP contribution in [0.3, 0.4) is 0 Å². The Labute approximate surface area is 119 Å². The summed E-state index contributed by atoms with van der Waals surface area (Å²) in [7, 11) is -2.72. The fourth-order valence-corrected chi connectivity index (χ4v) is 3.24. The topological polar surface area (TPSA) is 98.5 Å². The van der Waals surface area contributed by atoms with Gasteiger partial charge in [-0.1, -0.05) is 0 Å². The van der Waals surface area contributed by atoms with Crippen LogP contribution in [0.25, 0.3) is 0 Å². The third-order valence-corrected chi connectivity index (χ3v) is 5.22. The predicted molar refractivity (Wildman–Crippen MR) is 70.9 cm³/mol. The van der Waals surface area contributed by atoms with Crippen LogP contribution < -0.4 is 0 Å². The summed E-state index contributed by atoms with van der Waals surface area (Å²) in [6.45, 7) is 1.28. The van der Waals surface area contributed by atoms with Crippen LogP contribution in [0.4, 0.5) is 0 Å². The number of benzene rings is 1. The molecule has 0 heterocycles. The Morgan fingerprint density at radius 1 is 1.53 bits per heavy atom. The zero-order valence-electron chi connectivity index (χ0n) is 10.2. The second-order valence-electron chi connectivity index (χ2n) is 3.79. The quantitative estimate of drug-likeness (QED) is 0.888. The number of carboxylic acid groups (broad SMARTS) is 1. The van der Waals surface area contributed by atoms with Crippen molar-refractivity contribution >= 4 is 31.9 Å². The van der Waals surface area contributed by atoms with Crippen LogP contribution >= 0.6 is 15.9 Å². The molecule has 0 fully saturated rings. The van der Waals surface area contributed by atoms with Gasteiger partial charge in [0.25, 0.3) is 0 Å². The SMILES string of the molecule is CC(C(=O)O)N(C)S(=O)(=O)c1ccc(C#N)c(Br)c1. The molecule has 1 aromatic rings. The summed E-state index contributed by atoms with van der Waals surface area (Å²) >= 11 is 3.09. The Morgan fingerprint density at radius 3 is 2.53 bits per heavy atom. The Morgan fingerprint density at radius 2 is 2.11 bits per heavy atom. The molecule has 0 spiro atoms. The van der Waals surface area contributed by atoms with Gasteiger partial charge in [0.15, 0.2) is 0 Å². The molecule has 1 N–H and O–H groups in total. The van der Waals surface area contributed by atoms with E-state index in [0.29, 0.717) is 10.0 Å². The minimum atomic E-state index is -3.92. The van der Waals surface area contributed by atoms with Gasteiger partial charge in [-0.2, -0.15) is 9.57 Å². The maximum atomic E-state index is 12.2. The highest BCUT2D eigenvalue weighted by atomic mass is 79.9. The van der Waals surface area contributed by atoms with Crippen molar-refractivity contribution in [3.63, 3.8) is 0 Å². The summed E-state index contributed by atoms with van der Waals surface area (Å²) in [4.78, 5) is 10.8. The largest absolute Gasteiger partial charge is 0.480 e. The molecule has 0 amide bonds. The molecule has 0 saturated carbocycles. The fraction of sp³-hybridized carbons (Fsp3) is 0.273.